The SMILES string of the molecule is O=C([C@@H]1CC[C@H](c2ccccc2)N(S(=O)(=O)c2ccccc2)C1)N1CCC(O)CC1. The van der Waals surface area contributed by atoms with E-state index in [0.717, 1.165) is 5.56 Å². The minimum Gasteiger partial charge on any atom is -0.393 e. The number of carbonyl (C=O) groups excluding carboxylic acids is 1. The second-order valence-electron chi connectivity index (χ2n) is 8.14. The van der Waals surface area contributed by atoms with Gasteiger partial charge in [0.1, 0.15) is 0 Å². The zero-order chi connectivity index (χ0) is 21.1. The van der Waals surface area contributed by atoms with E-state index in [2.05, 4.69) is 0 Å². The van der Waals surface area contributed by atoms with E-state index in [1.54, 1.807) is 35.2 Å². The normalized spacial score (nSPS) is 24.0. The summed E-state index contributed by atoms with van der Waals surface area (Å²) in [6.45, 7) is 1.24. The lowest BCUT2D eigenvalue weighted by atomic mass is 9.89. The molecule has 2 aromatic carbocycles. The molecular weight excluding hydrogens is 400 g/mol. The first-order chi connectivity index (χ1) is 14.5. The van der Waals surface area contributed by atoms with Gasteiger partial charge in [-0.1, -0.05) is 48.5 Å². The summed E-state index contributed by atoms with van der Waals surface area (Å²) in [6, 6.07) is 17.8. The van der Waals surface area contributed by atoms with E-state index in [4.69, 9.17) is 0 Å². The van der Waals surface area contributed by atoms with Gasteiger partial charge in [0.25, 0.3) is 0 Å². The number of nitrogens with zero attached hydrogens (tertiary/aromatic N) is 2. The number of piperidine rings is 2. The molecule has 0 aromatic heterocycles. The third kappa shape index (κ3) is 4.29. The van der Waals surface area contributed by atoms with Crippen molar-refractivity contribution >= 4 is 15.9 Å². The standard InChI is InChI=1S/C23H28N2O4S/c26-20-13-15-24(16-14-20)23(27)19-11-12-22(18-7-3-1-4-8-18)25(17-19)30(28,29)21-9-5-2-6-10-21/h1-10,19-20,22,26H,11-17H2/t19-,22-/m1/s1. The summed E-state index contributed by atoms with van der Waals surface area (Å²) in [5.41, 5.74) is 0.948. The molecule has 4 rings (SSSR count). The quantitative estimate of drug-likeness (QED) is 0.812. The van der Waals surface area contributed by atoms with Crippen molar-refractivity contribution in [1.29, 1.82) is 0 Å². The number of amides is 1. The number of aliphatic hydroxyl groups is 1. The monoisotopic (exact) mass is 428 g/mol. The third-order valence-electron chi connectivity index (χ3n) is 6.20. The molecule has 0 unspecified atom stereocenters. The molecule has 0 aliphatic carbocycles. The van der Waals surface area contributed by atoms with Gasteiger partial charge in [-0.3, -0.25) is 4.79 Å². The number of carbonyl (C=O) groups is 1. The average Bonchev–Trinajstić information content (AvgIpc) is 2.80. The van der Waals surface area contributed by atoms with E-state index in [0.29, 0.717) is 38.8 Å². The lowest BCUT2D eigenvalue weighted by Crippen LogP contribution is -2.49. The van der Waals surface area contributed by atoms with Crippen molar-refractivity contribution in [2.24, 2.45) is 5.92 Å². The Morgan fingerprint density at radius 2 is 1.47 bits per heavy atom. The van der Waals surface area contributed by atoms with Gasteiger partial charge < -0.3 is 10.0 Å². The van der Waals surface area contributed by atoms with Gasteiger partial charge in [0, 0.05) is 19.6 Å². The van der Waals surface area contributed by atoms with Crippen molar-refractivity contribution in [2.45, 2.75) is 42.7 Å². The second-order valence-corrected chi connectivity index (χ2v) is 10.0. The molecule has 2 aliphatic rings. The highest BCUT2D eigenvalue weighted by atomic mass is 32.2. The number of benzene rings is 2. The van der Waals surface area contributed by atoms with Crippen LogP contribution in [-0.2, 0) is 14.8 Å². The molecule has 0 saturated carbocycles. The molecule has 30 heavy (non-hydrogen) atoms. The van der Waals surface area contributed by atoms with E-state index >= 15 is 0 Å². The highest BCUT2D eigenvalue weighted by Crippen LogP contribution is 2.38. The molecule has 2 aliphatic heterocycles. The molecule has 0 radical (unpaired) electrons. The molecule has 6 nitrogen and oxygen atoms in total. The van der Waals surface area contributed by atoms with Crippen LogP contribution in [0.15, 0.2) is 65.6 Å². The van der Waals surface area contributed by atoms with Gasteiger partial charge in [0.15, 0.2) is 0 Å². The zero-order valence-corrected chi connectivity index (χ0v) is 17.7. The molecule has 2 aromatic rings. The van der Waals surface area contributed by atoms with Crippen LogP contribution in [0.5, 0.6) is 0 Å². The Labute approximate surface area is 178 Å². The number of likely N-dealkylation sites (tertiary alicyclic amines) is 1. The fourth-order valence-electron chi connectivity index (χ4n) is 4.49. The van der Waals surface area contributed by atoms with Gasteiger partial charge in [-0.2, -0.15) is 4.31 Å². The number of sulfonamides is 1. The predicted molar refractivity (Wildman–Crippen MR) is 114 cm³/mol. The van der Waals surface area contributed by atoms with Crippen molar-refractivity contribution in [3.05, 3.63) is 66.2 Å². The Kier molecular flexibility index (Phi) is 6.22. The molecule has 160 valence electrons. The summed E-state index contributed by atoms with van der Waals surface area (Å²) < 4.78 is 28.6. The molecule has 2 atom stereocenters. The molecule has 1 amide bonds. The molecule has 2 heterocycles. The Hall–Kier alpha value is -2.22. The predicted octanol–water partition coefficient (Wildman–Crippen LogP) is 2.81. The van der Waals surface area contributed by atoms with Crippen molar-refractivity contribution in [3.8, 4) is 0 Å². The molecular formula is C23H28N2O4S. The highest BCUT2D eigenvalue weighted by molar-refractivity contribution is 7.89. The van der Waals surface area contributed by atoms with Crippen LogP contribution in [0.2, 0.25) is 0 Å². The van der Waals surface area contributed by atoms with Crippen LogP contribution in [0.25, 0.3) is 0 Å². The lowest BCUT2D eigenvalue weighted by Gasteiger charge is -2.40. The molecule has 0 bridgehead atoms. The average molecular weight is 429 g/mol. The van der Waals surface area contributed by atoms with Crippen LogP contribution in [0, 0.1) is 5.92 Å². The largest absolute Gasteiger partial charge is 0.393 e. The van der Waals surface area contributed by atoms with E-state index in [-0.39, 0.29) is 35.4 Å². The summed E-state index contributed by atoms with van der Waals surface area (Å²) in [4.78, 5) is 15.2. The maximum Gasteiger partial charge on any atom is 0.243 e. The Morgan fingerprint density at radius 3 is 2.10 bits per heavy atom. The Morgan fingerprint density at radius 1 is 0.867 bits per heavy atom. The zero-order valence-electron chi connectivity index (χ0n) is 16.9. The number of hydrogen-bond donors (Lipinski definition) is 1. The molecule has 1 N–H and O–H groups in total. The maximum atomic E-state index is 13.5. The maximum absolute atomic E-state index is 13.5. The summed E-state index contributed by atoms with van der Waals surface area (Å²) >= 11 is 0. The van der Waals surface area contributed by atoms with Crippen molar-refractivity contribution < 1.29 is 18.3 Å². The summed E-state index contributed by atoms with van der Waals surface area (Å²) in [7, 11) is -3.74. The van der Waals surface area contributed by atoms with Crippen LogP contribution in [0.1, 0.15) is 37.3 Å². The van der Waals surface area contributed by atoms with Crippen LogP contribution in [0.3, 0.4) is 0 Å². The molecule has 7 heteroatoms. The summed E-state index contributed by atoms with van der Waals surface area (Å²) in [5.74, 6) is -0.361. The first-order valence-electron chi connectivity index (χ1n) is 10.6. The lowest BCUT2D eigenvalue weighted by molar-refractivity contribution is -0.139. The fraction of sp³-hybridized carbons (Fsp3) is 0.435. The highest BCUT2D eigenvalue weighted by Gasteiger charge is 2.41. The van der Waals surface area contributed by atoms with E-state index in [1.807, 2.05) is 30.3 Å². The molecule has 0 spiro atoms. The van der Waals surface area contributed by atoms with Crippen molar-refractivity contribution in [3.63, 3.8) is 0 Å². The van der Waals surface area contributed by atoms with E-state index in [1.165, 1.54) is 4.31 Å². The minimum atomic E-state index is -3.74. The van der Waals surface area contributed by atoms with Gasteiger partial charge in [-0.25, -0.2) is 8.42 Å². The van der Waals surface area contributed by atoms with Gasteiger partial charge in [0.05, 0.1) is 23.0 Å². The van der Waals surface area contributed by atoms with E-state index in [9.17, 15) is 18.3 Å². The van der Waals surface area contributed by atoms with Gasteiger partial charge in [0.2, 0.25) is 15.9 Å². The van der Waals surface area contributed by atoms with Crippen LogP contribution in [0.4, 0.5) is 0 Å². The first kappa shape index (κ1) is 21.0. The minimum absolute atomic E-state index is 0.00155. The smallest absolute Gasteiger partial charge is 0.243 e. The van der Waals surface area contributed by atoms with E-state index < -0.39 is 10.0 Å². The van der Waals surface area contributed by atoms with Gasteiger partial charge in [-0.15, -0.1) is 0 Å². The number of rotatable bonds is 4. The summed E-state index contributed by atoms with van der Waals surface area (Å²) in [5, 5.41) is 9.73. The van der Waals surface area contributed by atoms with Crippen LogP contribution < -0.4 is 0 Å². The van der Waals surface area contributed by atoms with Gasteiger partial charge in [-0.05, 0) is 43.4 Å². The van der Waals surface area contributed by atoms with Gasteiger partial charge >= 0.3 is 0 Å². The molecule has 2 fully saturated rings. The fourth-order valence-corrected chi connectivity index (χ4v) is 6.20. The third-order valence-corrected chi connectivity index (χ3v) is 8.08. The Balaban J connectivity index is 1.62. The first-order valence-corrected chi connectivity index (χ1v) is 12.0. The van der Waals surface area contributed by atoms with Crippen molar-refractivity contribution in [1.82, 2.24) is 9.21 Å². The van der Waals surface area contributed by atoms with Crippen LogP contribution in [-0.4, -0.2) is 54.4 Å². The summed E-state index contributed by atoms with van der Waals surface area (Å²) in [6.07, 6.45) is 2.06. The Bertz CT molecular complexity index is 957. The van der Waals surface area contributed by atoms with Crippen molar-refractivity contribution in [2.75, 3.05) is 19.6 Å². The second kappa shape index (κ2) is 8.88. The number of aliphatic hydroxyl groups excluding tert-OH is 1. The van der Waals surface area contributed by atoms with Crippen LogP contribution >= 0.6 is 0 Å². The number of hydrogen-bond acceptors (Lipinski definition) is 4. The molecule has 2 saturated heterocycles. The topological polar surface area (TPSA) is 77.9 Å².